The van der Waals surface area contributed by atoms with Gasteiger partial charge in [0.1, 0.15) is 5.65 Å². The highest BCUT2D eigenvalue weighted by atomic mass is 16.1. The number of benzene rings is 2. The first kappa shape index (κ1) is 20.9. The van der Waals surface area contributed by atoms with Crippen LogP contribution in [0, 0.1) is 0 Å². The van der Waals surface area contributed by atoms with Crippen LogP contribution in [0.4, 0.5) is 5.69 Å². The van der Waals surface area contributed by atoms with Crippen LogP contribution in [0.15, 0.2) is 67.0 Å². The lowest BCUT2D eigenvalue weighted by molar-refractivity contribution is -0.119. The molecule has 6 nitrogen and oxygen atoms in total. The first-order valence-electron chi connectivity index (χ1n) is 12.0. The second-order valence-corrected chi connectivity index (χ2v) is 9.49. The van der Waals surface area contributed by atoms with Gasteiger partial charge in [0.15, 0.2) is 0 Å². The van der Waals surface area contributed by atoms with E-state index in [1.54, 1.807) is 0 Å². The summed E-state index contributed by atoms with van der Waals surface area (Å²) in [7, 11) is 2.18. The number of piperazine rings is 1. The quantitative estimate of drug-likeness (QED) is 0.487. The number of aromatic amines is 1. The Labute approximate surface area is 199 Å². The third-order valence-electron chi connectivity index (χ3n) is 7.27. The zero-order chi connectivity index (χ0) is 23.1. The van der Waals surface area contributed by atoms with Gasteiger partial charge in [-0.25, -0.2) is 4.98 Å². The fraction of sp³-hybridized carbons (Fsp3) is 0.286. The third kappa shape index (κ3) is 3.94. The molecule has 0 bridgehead atoms. The predicted octanol–water partition coefficient (Wildman–Crippen LogP) is 4.25. The van der Waals surface area contributed by atoms with E-state index < -0.39 is 0 Å². The van der Waals surface area contributed by atoms with Crippen molar-refractivity contribution in [2.24, 2.45) is 0 Å². The zero-order valence-electron chi connectivity index (χ0n) is 19.4. The van der Waals surface area contributed by atoms with Crippen molar-refractivity contribution in [3.63, 3.8) is 0 Å². The molecular weight excluding hydrogens is 422 g/mol. The van der Waals surface area contributed by atoms with Crippen molar-refractivity contribution >= 4 is 22.6 Å². The minimum Gasteiger partial charge on any atom is -0.369 e. The van der Waals surface area contributed by atoms with Gasteiger partial charge >= 0.3 is 0 Å². The van der Waals surface area contributed by atoms with Gasteiger partial charge in [0.05, 0.1) is 0 Å². The summed E-state index contributed by atoms with van der Waals surface area (Å²) in [5.41, 5.74) is 7.97. The standard InChI is InChI=1S/C28H29N5O/c1-32-10-12-33(13-11-32)24-8-6-20(7-9-24)22-14-25-26(18-31-28(25)30-17-22)21-4-2-19(3-5-21)23-15-27(34)29-16-23/h2-9,14,17-18,23H,10-13,15-16H2,1H3,(H,29,34)(H,30,31). The van der Waals surface area contributed by atoms with E-state index in [0.29, 0.717) is 6.42 Å². The van der Waals surface area contributed by atoms with Gasteiger partial charge in [-0.05, 0) is 41.9 Å². The molecule has 6 heteroatoms. The molecule has 34 heavy (non-hydrogen) atoms. The van der Waals surface area contributed by atoms with Crippen LogP contribution in [-0.2, 0) is 4.79 Å². The number of nitrogens with zero attached hydrogens (tertiary/aromatic N) is 3. The SMILES string of the molecule is CN1CCN(c2ccc(-c3cnc4[nH]cc(-c5ccc(C6CNC(=O)C6)cc5)c4c3)cc2)CC1. The number of fused-ring (bicyclic) bond motifs is 1. The summed E-state index contributed by atoms with van der Waals surface area (Å²) in [6.07, 6.45) is 4.56. The summed E-state index contributed by atoms with van der Waals surface area (Å²) in [5.74, 6) is 0.410. The summed E-state index contributed by atoms with van der Waals surface area (Å²) in [5, 5.41) is 4.04. The first-order chi connectivity index (χ1) is 16.6. The van der Waals surface area contributed by atoms with Crippen LogP contribution in [0.5, 0.6) is 0 Å². The average Bonchev–Trinajstić information content (AvgIpc) is 3.51. The van der Waals surface area contributed by atoms with E-state index in [1.165, 1.54) is 16.8 Å². The Balaban J connectivity index is 1.26. The summed E-state index contributed by atoms with van der Waals surface area (Å²) in [4.78, 5) is 24.4. The topological polar surface area (TPSA) is 64.3 Å². The van der Waals surface area contributed by atoms with E-state index in [-0.39, 0.29) is 11.8 Å². The smallest absolute Gasteiger partial charge is 0.220 e. The molecule has 2 aromatic heterocycles. The number of hydrogen-bond donors (Lipinski definition) is 2. The maximum atomic E-state index is 11.6. The Hall–Kier alpha value is -3.64. The van der Waals surface area contributed by atoms with Crippen LogP contribution in [0.3, 0.4) is 0 Å². The lowest BCUT2D eigenvalue weighted by atomic mass is 9.95. The van der Waals surface area contributed by atoms with Gasteiger partial charge in [0, 0.05) is 79.7 Å². The zero-order valence-corrected chi connectivity index (χ0v) is 19.4. The van der Waals surface area contributed by atoms with Gasteiger partial charge in [0.2, 0.25) is 5.91 Å². The molecule has 2 fully saturated rings. The minimum absolute atomic E-state index is 0.140. The highest BCUT2D eigenvalue weighted by Gasteiger charge is 2.23. The molecule has 0 saturated carbocycles. The second-order valence-electron chi connectivity index (χ2n) is 9.49. The molecule has 4 aromatic rings. The Kier molecular flexibility index (Phi) is 5.30. The van der Waals surface area contributed by atoms with Crippen molar-refractivity contribution in [1.29, 1.82) is 0 Å². The number of pyridine rings is 1. The van der Waals surface area contributed by atoms with Gasteiger partial charge in [-0.15, -0.1) is 0 Å². The van der Waals surface area contributed by atoms with Crippen molar-refractivity contribution in [2.45, 2.75) is 12.3 Å². The summed E-state index contributed by atoms with van der Waals surface area (Å²) in [6, 6.07) is 19.7. The maximum absolute atomic E-state index is 11.6. The fourth-order valence-electron chi connectivity index (χ4n) is 5.11. The molecule has 2 N–H and O–H groups in total. The normalized spacial score (nSPS) is 19.0. The van der Waals surface area contributed by atoms with E-state index in [9.17, 15) is 4.79 Å². The van der Waals surface area contributed by atoms with Gasteiger partial charge in [-0.3, -0.25) is 4.79 Å². The number of nitrogens with one attached hydrogen (secondary N) is 2. The summed E-state index contributed by atoms with van der Waals surface area (Å²) < 4.78 is 0. The largest absolute Gasteiger partial charge is 0.369 e. The van der Waals surface area contributed by atoms with E-state index >= 15 is 0 Å². The number of amides is 1. The molecule has 1 atom stereocenters. The molecule has 1 unspecified atom stereocenters. The summed E-state index contributed by atoms with van der Waals surface area (Å²) in [6.45, 7) is 5.08. The second kappa shape index (κ2) is 8.61. The summed E-state index contributed by atoms with van der Waals surface area (Å²) >= 11 is 0. The van der Waals surface area contributed by atoms with Gasteiger partial charge in [-0.2, -0.15) is 0 Å². The average molecular weight is 452 g/mol. The number of likely N-dealkylation sites (N-methyl/N-ethyl adjacent to an activating group) is 1. The molecule has 1 amide bonds. The molecule has 2 aliphatic rings. The minimum atomic E-state index is 0.140. The molecule has 2 saturated heterocycles. The van der Waals surface area contributed by atoms with E-state index in [2.05, 4.69) is 81.7 Å². The number of hydrogen-bond acceptors (Lipinski definition) is 4. The lowest BCUT2D eigenvalue weighted by Crippen LogP contribution is -2.44. The molecular formula is C28H29N5O. The Morgan fingerprint density at radius 2 is 1.65 bits per heavy atom. The molecule has 172 valence electrons. The van der Waals surface area contributed by atoms with Crippen LogP contribution in [0.2, 0.25) is 0 Å². The van der Waals surface area contributed by atoms with Crippen LogP contribution in [0.1, 0.15) is 17.9 Å². The van der Waals surface area contributed by atoms with Gasteiger partial charge in [0.25, 0.3) is 0 Å². The van der Waals surface area contributed by atoms with Gasteiger partial charge in [-0.1, -0.05) is 36.4 Å². The van der Waals surface area contributed by atoms with Crippen molar-refractivity contribution in [1.82, 2.24) is 20.2 Å². The first-order valence-corrected chi connectivity index (χ1v) is 12.0. The molecule has 2 aromatic carbocycles. The highest BCUT2D eigenvalue weighted by molar-refractivity contribution is 5.95. The Morgan fingerprint density at radius 1 is 0.912 bits per heavy atom. The highest BCUT2D eigenvalue weighted by Crippen LogP contribution is 2.33. The number of rotatable bonds is 4. The molecule has 0 spiro atoms. The molecule has 6 rings (SSSR count). The monoisotopic (exact) mass is 451 g/mol. The maximum Gasteiger partial charge on any atom is 0.220 e. The lowest BCUT2D eigenvalue weighted by Gasteiger charge is -2.34. The Bertz CT molecular complexity index is 1320. The molecule has 0 aliphatic carbocycles. The van der Waals surface area contributed by atoms with Crippen LogP contribution in [-0.4, -0.2) is 60.5 Å². The van der Waals surface area contributed by atoms with Crippen molar-refractivity contribution in [3.05, 3.63) is 72.6 Å². The number of carbonyl (C=O) groups is 1. The van der Waals surface area contributed by atoms with Gasteiger partial charge < -0.3 is 20.1 Å². The molecule has 0 radical (unpaired) electrons. The van der Waals surface area contributed by atoms with Crippen LogP contribution in [0.25, 0.3) is 33.3 Å². The van der Waals surface area contributed by atoms with E-state index in [4.69, 9.17) is 4.98 Å². The Morgan fingerprint density at radius 3 is 2.35 bits per heavy atom. The number of aromatic nitrogens is 2. The van der Waals surface area contributed by atoms with E-state index in [1.807, 2.05) is 12.4 Å². The van der Waals surface area contributed by atoms with Crippen LogP contribution < -0.4 is 10.2 Å². The fourth-order valence-corrected chi connectivity index (χ4v) is 5.11. The number of anilines is 1. The molecule has 2 aliphatic heterocycles. The van der Waals surface area contributed by atoms with Crippen molar-refractivity contribution in [3.8, 4) is 22.3 Å². The predicted molar refractivity (Wildman–Crippen MR) is 137 cm³/mol. The van der Waals surface area contributed by atoms with Crippen molar-refractivity contribution < 1.29 is 4.79 Å². The number of carbonyl (C=O) groups excluding carboxylic acids is 1. The van der Waals surface area contributed by atoms with E-state index in [0.717, 1.165) is 60.4 Å². The third-order valence-corrected chi connectivity index (χ3v) is 7.27. The van der Waals surface area contributed by atoms with Crippen LogP contribution >= 0.6 is 0 Å². The number of H-pyrrole nitrogens is 1. The van der Waals surface area contributed by atoms with Crippen molar-refractivity contribution in [2.75, 3.05) is 44.7 Å². The molecule has 4 heterocycles.